The van der Waals surface area contributed by atoms with Gasteiger partial charge in [-0.15, -0.1) is 0 Å². The number of rotatable bonds is 4. The van der Waals surface area contributed by atoms with Gasteiger partial charge in [0.15, 0.2) is 5.82 Å². The number of nitrogens with one attached hydrogen (secondary N) is 1. The van der Waals surface area contributed by atoms with E-state index < -0.39 is 0 Å². The molecule has 8 heteroatoms. The minimum Gasteiger partial charge on any atom is -0.361 e. The van der Waals surface area contributed by atoms with Crippen molar-refractivity contribution in [3.8, 4) is 0 Å². The maximum atomic E-state index is 12.2. The van der Waals surface area contributed by atoms with Crippen molar-refractivity contribution in [2.45, 2.75) is 6.92 Å². The minimum atomic E-state index is -0.350. The van der Waals surface area contributed by atoms with E-state index in [1.807, 2.05) is 40.0 Å². The van der Waals surface area contributed by atoms with Crippen molar-refractivity contribution in [3.05, 3.63) is 30.0 Å². The zero-order valence-electron chi connectivity index (χ0n) is 13.3. The van der Waals surface area contributed by atoms with Gasteiger partial charge in [0.1, 0.15) is 11.4 Å². The van der Waals surface area contributed by atoms with Crippen molar-refractivity contribution < 1.29 is 4.79 Å². The Morgan fingerprint density at radius 3 is 2.27 bits per heavy atom. The molecule has 22 heavy (non-hydrogen) atoms. The molecule has 2 rings (SSSR count). The molecule has 0 aliphatic rings. The van der Waals surface area contributed by atoms with E-state index in [4.69, 9.17) is 0 Å². The number of nitrogens with zero attached hydrogens (tertiary/aromatic N) is 6. The van der Waals surface area contributed by atoms with Crippen molar-refractivity contribution in [2.75, 3.05) is 43.3 Å². The predicted octanol–water partition coefficient (Wildman–Crippen LogP) is 0.959. The molecule has 0 radical (unpaired) electrons. The Morgan fingerprint density at radius 1 is 1.00 bits per heavy atom. The van der Waals surface area contributed by atoms with Gasteiger partial charge in [-0.05, 0) is 6.92 Å². The summed E-state index contributed by atoms with van der Waals surface area (Å²) >= 11 is 0. The highest BCUT2D eigenvalue weighted by Gasteiger charge is 2.15. The average Bonchev–Trinajstić information content (AvgIpc) is 2.47. The Bertz CT molecular complexity index is 667. The summed E-state index contributed by atoms with van der Waals surface area (Å²) in [5.41, 5.74) is 1.51. The van der Waals surface area contributed by atoms with Crippen molar-refractivity contribution in [1.82, 2.24) is 19.9 Å². The van der Waals surface area contributed by atoms with Crippen LogP contribution in [0.2, 0.25) is 0 Å². The summed E-state index contributed by atoms with van der Waals surface area (Å²) < 4.78 is 0. The first kappa shape index (κ1) is 15.6. The van der Waals surface area contributed by atoms with Crippen LogP contribution in [-0.2, 0) is 0 Å². The van der Waals surface area contributed by atoms with E-state index in [9.17, 15) is 4.79 Å². The predicted molar refractivity (Wildman–Crippen MR) is 85.4 cm³/mol. The summed E-state index contributed by atoms with van der Waals surface area (Å²) in [6.07, 6.45) is 4.57. The Hall–Kier alpha value is -2.77. The highest BCUT2D eigenvalue weighted by molar-refractivity contribution is 6.04. The van der Waals surface area contributed by atoms with Gasteiger partial charge in [-0.3, -0.25) is 9.78 Å². The maximum absolute atomic E-state index is 12.2. The molecule has 2 heterocycles. The smallest absolute Gasteiger partial charge is 0.276 e. The van der Waals surface area contributed by atoms with Gasteiger partial charge >= 0.3 is 0 Å². The molecule has 0 aliphatic heterocycles. The van der Waals surface area contributed by atoms with Crippen LogP contribution in [0.25, 0.3) is 0 Å². The molecule has 1 N–H and O–H groups in total. The minimum absolute atomic E-state index is 0.243. The molecular weight excluding hydrogens is 282 g/mol. The van der Waals surface area contributed by atoms with E-state index in [0.717, 1.165) is 5.69 Å². The molecule has 0 aromatic carbocycles. The summed E-state index contributed by atoms with van der Waals surface area (Å²) in [4.78, 5) is 32.6. The van der Waals surface area contributed by atoms with Crippen LogP contribution < -0.4 is 15.1 Å². The summed E-state index contributed by atoms with van der Waals surface area (Å²) in [5, 5.41) is 2.77. The fraction of sp³-hybridized carbons (Fsp3) is 0.357. The van der Waals surface area contributed by atoms with Crippen LogP contribution in [0.5, 0.6) is 0 Å². The zero-order chi connectivity index (χ0) is 16.3. The van der Waals surface area contributed by atoms with E-state index in [2.05, 4.69) is 25.3 Å². The van der Waals surface area contributed by atoms with Crippen LogP contribution in [0.3, 0.4) is 0 Å². The first-order valence-electron chi connectivity index (χ1n) is 6.70. The second-order valence-corrected chi connectivity index (χ2v) is 5.19. The number of aromatic nitrogens is 4. The van der Waals surface area contributed by atoms with E-state index >= 15 is 0 Å². The largest absolute Gasteiger partial charge is 0.361 e. The van der Waals surface area contributed by atoms with Gasteiger partial charge in [-0.25, -0.2) is 9.97 Å². The number of anilines is 3. The van der Waals surface area contributed by atoms with Gasteiger partial charge in [0.2, 0.25) is 5.95 Å². The van der Waals surface area contributed by atoms with Gasteiger partial charge in [0, 0.05) is 34.4 Å². The van der Waals surface area contributed by atoms with Crippen LogP contribution in [0.1, 0.15) is 16.2 Å². The molecule has 0 unspecified atom stereocenters. The normalized spacial score (nSPS) is 10.2. The van der Waals surface area contributed by atoms with Gasteiger partial charge < -0.3 is 15.1 Å². The molecule has 0 fully saturated rings. The molecular formula is C14H19N7O. The third-order valence-corrected chi connectivity index (χ3v) is 2.84. The number of carbonyl (C=O) groups is 1. The molecule has 0 saturated carbocycles. The standard InChI is InChI=1S/C14H19N7O/c1-9-6-16-11(8-15-9)13(22)18-10-7-17-14(21(4)5)19-12(10)20(2)3/h6-8H,1-5H3,(H,18,22). The van der Waals surface area contributed by atoms with Crippen molar-refractivity contribution in [2.24, 2.45) is 0 Å². The first-order valence-corrected chi connectivity index (χ1v) is 6.70. The summed E-state index contributed by atoms with van der Waals surface area (Å²) in [6.45, 7) is 1.81. The third kappa shape index (κ3) is 3.46. The summed E-state index contributed by atoms with van der Waals surface area (Å²) in [5.74, 6) is 0.834. The number of amides is 1. The Kier molecular flexibility index (Phi) is 4.50. The van der Waals surface area contributed by atoms with Gasteiger partial charge in [-0.2, -0.15) is 4.98 Å². The fourth-order valence-electron chi connectivity index (χ4n) is 1.70. The number of hydrogen-bond acceptors (Lipinski definition) is 7. The monoisotopic (exact) mass is 301 g/mol. The lowest BCUT2D eigenvalue weighted by Gasteiger charge is -2.19. The second kappa shape index (κ2) is 6.33. The quantitative estimate of drug-likeness (QED) is 0.900. The van der Waals surface area contributed by atoms with Crippen LogP contribution in [-0.4, -0.2) is 54.0 Å². The molecule has 0 bridgehead atoms. The van der Waals surface area contributed by atoms with Gasteiger partial charge in [0.25, 0.3) is 5.91 Å². The van der Waals surface area contributed by atoms with E-state index in [1.165, 1.54) is 6.20 Å². The van der Waals surface area contributed by atoms with Crippen LogP contribution in [0.4, 0.5) is 17.5 Å². The lowest BCUT2D eigenvalue weighted by atomic mass is 10.3. The van der Waals surface area contributed by atoms with E-state index in [0.29, 0.717) is 17.5 Å². The molecule has 116 valence electrons. The zero-order valence-corrected chi connectivity index (χ0v) is 13.3. The number of carbonyl (C=O) groups excluding carboxylic acids is 1. The molecule has 2 aromatic heterocycles. The summed E-state index contributed by atoms with van der Waals surface area (Å²) in [7, 11) is 7.41. The van der Waals surface area contributed by atoms with Crippen molar-refractivity contribution in [1.29, 1.82) is 0 Å². The second-order valence-electron chi connectivity index (χ2n) is 5.19. The first-order chi connectivity index (χ1) is 10.4. The fourth-order valence-corrected chi connectivity index (χ4v) is 1.70. The molecule has 0 atom stereocenters. The van der Waals surface area contributed by atoms with Crippen LogP contribution in [0.15, 0.2) is 18.6 Å². The lowest BCUT2D eigenvalue weighted by molar-refractivity contribution is 0.102. The highest BCUT2D eigenvalue weighted by atomic mass is 16.1. The Morgan fingerprint density at radius 2 is 1.73 bits per heavy atom. The lowest BCUT2D eigenvalue weighted by Crippen LogP contribution is -2.21. The SMILES string of the molecule is Cc1cnc(C(=O)Nc2cnc(N(C)C)nc2N(C)C)cn1. The van der Waals surface area contributed by atoms with Crippen molar-refractivity contribution >= 4 is 23.4 Å². The van der Waals surface area contributed by atoms with Crippen molar-refractivity contribution in [3.63, 3.8) is 0 Å². The highest BCUT2D eigenvalue weighted by Crippen LogP contribution is 2.23. The molecule has 0 saturated heterocycles. The average molecular weight is 301 g/mol. The van der Waals surface area contributed by atoms with Gasteiger partial charge in [-0.1, -0.05) is 0 Å². The summed E-state index contributed by atoms with van der Waals surface area (Å²) in [6, 6.07) is 0. The van der Waals surface area contributed by atoms with E-state index in [-0.39, 0.29) is 11.6 Å². The number of aryl methyl sites for hydroxylation is 1. The van der Waals surface area contributed by atoms with Crippen LogP contribution in [0, 0.1) is 6.92 Å². The number of hydrogen-bond donors (Lipinski definition) is 1. The van der Waals surface area contributed by atoms with Crippen LogP contribution >= 0.6 is 0 Å². The molecule has 0 aliphatic carbocycles. The molecule has 2 aromatic rings. The van der Waals surface area contributed by atoms with Gasteiger partial charge in [0.05, 0.1) is 18.1 Å². The maximum Gasteiger partial charge on any atom is 0.276 e. The molecule has 8 nitrogen and oxygen atoms in total. The Balaban J connectivity index is 2.28. The van der Waals surface area contributed by atoms with E-state index in [1.54, 1.807) is 17.3 Å². The third-order valence-electron chi connectivity index (χ3n) is 2.84. The Labute approximate surface area is 129 Å². The topological polar surface area (TPSA) is 87.1 Å². The molecule has 1 amide bonds. The molecule has 0 spiro atoms.